The highest BCUT2D eigenvalue weighted by Gasteiger charge is 2.15. The molecule has 0 atom stereocenters. The van der Waals surface area contributed by atoms with Gasteiger partial charge in [-0.1, -0.05) is 41.1 Å². The van der Waals surface area contributed by atoms with Gasteiger partial charge in [-0.2, -0.15) is 0 Å². The third-order valence-corrected chi connectivity index (χ3v) is 5.94. The molecule has 2 rings (SSSR count). The summed E-state index contributed by atoms with van der Waals surface area (Å²) in [6, 6.07) is 3.73. The van der Waals surface area contributed by atoms with E-state index >= 15 is 0 Å². The standard InChI is InChI=1S/C18H24BrN3O3S/c1-5-11(6-2)17-21-22-18(26-17)20-16(23)8-7-12-9-14(24-3)15(25-4)10-13(12)19/h9-11H,5-8H2,1-4H3,(H,20,22,23). The van der Waals surface area contributed by atoms with Crippen LogP contribution in [0, 0.1) is 0 Å². The molecule has 0 saturated carbocycles. The molecule has 142 valence electrons. The van der Waals surface area contributed by atoms with Crippen molar-refractivity contribution in [2.45, 2.75) is 45.4 Å². The Labute approximate surface area is 166 Å². The third-order valence-electron chi connectivity index (χ3n) is 4.20. The van der Waals surface area contributed by atoms with Gasteiger partial charge in [0.25, 0.3) is 0 Å². The van der Waals surface area contributed by atoms with Crippen LogP contribution in [0.25, 0.3) is 0 Å². The highest BCUT2D eigenvalue weighted by molar-refractivity contribution is 9.10. The summed E-state index contributed by atoms with van der Waals surface area (Å²) in [7, 11) is 3.19. The van der Waals surface area contributed by atoms with Gasteiger partial charge in [-0.25, -0.2) is 0 Å². The number of rotatable bonds is 9. The Balaban J connectivity index is 1.97. The Hall–Kier alpha value is -1.67. The number of aryl methyl sites for hydroxylation is 1. The number of methoxy groups -OCH3 is 2. The number of carbonyl (C=O) groups is 1. The second kappa shape index (κ2) is 9.87. The van der Waals surface area contributed by atoms with E-state index < -0.39 is 0 Å². The van der Waals surface area contributed by atoms with Crippen molar-refractivity contribution in [3.8, 4) is 11.5 Å². The molecule has 0 aliphatic heterocycles. The lowest BCUT2D eigenvalue weighted by Crippen LogP contribution is -2.12. The molecule has 0 radical (unpaired) electrons. The molecule has 1 amide bonds. The van der Waals surface area contributed by atoms with E-state index in [-0.39, 0.29) is 5.91 Å². The van der Waals surface area contributed by atoms with Gasteiger partial charge in [-0.15, -0.1) is 10.2 Å². The van der Waals surface area contributed by atoms with E-state index in [0.717, 1.165) is 27.9 Å². The van der Waals surface area contributed by atoms with Crippen LogP contribution in [-0.4, -0.2) is 30.3 Å². The minimum absolute atomic E-state index is 0.0843. The zero-order valence-electron chi connectivity index (χ0n) is 15.5. The first-order valence-corrected chi connectivity index (χ1v) is 10.2. The van der Waals surface area contributed by atoms with Crippen LogP contribution < -0.4 is 14.8 Å². The molecule has 26 heavy (non-hydrogen) atoms. The van der Waals surface area contributed by atoms with E-state index in [1.807, 2.05) is 12.1 Å². The largest absolute Gasteiger partial charge is 0.493 e. The molecule has 6 nitrogen and oxygen atoms in total. The van der Waals surface area contributed by atoms with Crippen molar-refractivity contribution in [2.75, 3.05) is 19.5 Å². The summed E-state index contributed by atoms with van der Waals surface area (Å²) in [5.41, 5.74) is 0.979. The number of hydrogen-bond acceptors (Lipinski definition) is 6. The zero-order chi connectivity index (χ0) is 19.1. The lowest BCUT2D eigenvalue weighted by atomic mass is 10.1. The molecule has 0 saturated heterocycles. The Morgan fingerprint density at radius 3 is 2.46 bits per heavy atom. The highest BCUT2D eigenvalue weighted by atomic mass is 79.9. The van der Waals surface area contributed by atoms with Gasteiger partial charge >= 0.3 is 0 Å². The maximum atomic E-state index is 12.2. The molecule has 2 aromatic rings. The first-order valence-electron chi connectivity index (χ1n) is 8.55. The number of amides is 1. The SMILES string of the molecule is CCC(CC)c1nnc(NC(=O)CCc2cc(OC)c(OC)cc2Br)s1. The second-order valence-electron chi connectivity index (χ2n) is 5.81. The molecule has 0 fully saturated rings. The molecule has 0 aliphatic rings. The average molecular weight is 442 g/mol. The Morgan fingerprint density at radius 1 is 1.19 bits per heavy atom. The Morgan fingerprint density at radius 2 is 1.85 bits per heavy atom. The maximum Gasteiger partial charge on any atom is 0.226 e. The first-order chi connectivity index (χ1) is 12.5. The fourth-order valence-electron chi connectivity index (χ4n) is 2.61. The average Bonchev–Trinajstić information content (AvgIpc) is 3.09. The Kier molecular flexibility index (Phi) is 7.84. The van der Waals surface area contributed by atoms with Gasteiger partial charge in [-0.05, 0) is 37.0 Å². The van der Waals surface area contributed by atoms with E-state index in [0.29, 0.717) is 35.4 Å². The predicted octanol–water partition coefficient (Wildman–Crippen LogP) is 4.79. The van der Waals surface area contributed by atoms with E-state index in [9.17, 15) is 4.79 Å². The molecule has 1 heterocycles. The van der Waals surface area contributed by atoms with Crippen LogP contribution in [0.4, 0.5) is 5.13 Å². The van der Waals surface area contributed by atoms with Gasteiger partial charge < -0.3 is 14.8 Å². The van der Waals surface area contributed by atoms with Crippen molar-refractivity contribution in [1.29, 1.82) is 0 Å². The maximum absolute atomic E-state index is 12.2. The van der Waals surface area contributed by atoms with Crippen molar-refractivity contribution >= 4 is 38.3 Å². The summed E-state index contributed by atoms with van der Waals surface area (Å²) in [5, 5.41) is 12.7. The van der Waals surface area contributed by atoms with Gasteiger partial charge in [0.15, 0.2) is 11.5 Å². The topological polar surface area (TPSA) is 73.3 Å². The smallest absolute Gasteiger partial charge is 0.226 e. The minimum Gasteiger partial charge on any atom is -0.493 e. The lowest BCUT2D eigenvalue weighted by Gasteiger charge is -2.11. The fraction of sp³-hybridized carbons (Fsp3) is 0.500. The van der Waals surface area contributed by atoms with Crippen LogP contribution >= 0.6 is 27.3 Å². The second-order valence-corrected chi connectivity index (χ2v) is 7.67. The quantitative estimate of drug-likeness (QED) is 0.605. The van der Waals surface area contributed by atoms with Crippen LogP contribution in [0.3, 0.4) is 0 Å². The summed E-state index contributed by atoms with van der Waals surface area (Å²) >= 11 is 4.97. The third kappa shape index (κ3) is 5.17. The van der Waals surface area contributed by atoms with Crippen molar-refractivity contribution < 1.29 is 14.3 Å². The summed E-state index contributed by atoms with van der Waals surface area (Å²) in [6.07, 6.45) is 2.96. The van der Waals surface area contributed by atoms with E-state index in [1.165, 1.54) is 11.3 Å². The summed E-state index contributed by atoms with van der Waals surface area (Å²) < 4.78 is 11.5. The molecule has 1 N–H and O–H groups in total. The molecule has 0 unspecified atom stereocenters. The molecule has 0 aliphatic carbocycles. The molecular weight excluding hydrogens is 418 g/mol. The Bertz CT molecular complexity index is 747. The normalized spacial score (nSPS) is 10.8. The van der Waals surface area contributed by atoms with Crippen LogP contribution in [-0.2, 0) is 11.2 Å². The molecule has 1 aromatic carbocycles. The predicted molar refractivity (Wildman–Crippen MR) is 107 cm³/mol. The van der Waals surface area contributed by atoms with Gasteiger partial charge in [0, 0.05) is 16.8 Å². The van der Waals surface area contributed by atoms with Gasteiger partial charge in [0.1, 0.15) is 5.01 Å². The number of anilines is 1. The number of hydrogen-bond donors (Lipinski definition) is 1. The summed E-state index contributed by atoms with van der Waals surface area (Å²) in [5.74, 6) is 1.61. The number of benzene rings is 1. The van der Waals surface area contributed by atoms with Crippen LogP contribution in [0.2, 0.25) is 0 Å². The molecule has 1 aromatic heterocycles. The van der Waals surface area contributed by atoms with Crippen molar-refractivity contribution in [3.63, 3.8) is 0 Å². The monoisotopic (exact) mass is 441 g/mol. The van der Waals surface area contributed by atoms with E-state index in [2.05, 4.69) is 45.3 Å². The van der Waals surface area contributed by atoms with Crippen molar-refractivity contribution in [2.24, 2.45) is 0 Å². The number of nitrogens with zero attached hydrogens (tertiary/aromatic N) is 2. The van der Waals surface area contributed by atoms with Crippen LogP contribution in [0.5, 0.6) is 11.5 Å². The zero-order valence-corrected chi connectivity index (χ0v) is 17.9. The van der Waals surface area contributed by atoms with Gasteiger partial charge in [0.05, 0.1) is 14.2 Å². The highest BCUT2D eigenvalue weighted by Crippen LogP contribution is 2.34. The number of ether oxygens (including phenoxy) is 2. The lowest BCUT2D eigenvalue weighted by molar-refractivity contribution is -0.116. The van der Waals surface area contributed by atoms with E-state index in [1.54, 1.807) is 14.2 Å². The van der Waals surface area contributed by atoms with Crippen molar-refractivity contribution in [1.82, 2.24) is 10.2 Å². The summed E-state index contributed by atoms with van der Waals surface area (Å²) in [4.78, 5) is 12.2. The number of halogens is 1. The number of nitrogens with one attached hydrogen (secondary N) is 1. The molecule has 0 bridgehead atoms. The molecular formula is C18H24BrN3O3S. The molecule has 8 heteroatoms. The number of carbonyl (C=O) groups excluding carboxylic acids is 1. The molecule has 0 spiro atoms. The van der Waals surface area contributed by atoms with Gasteiger partial charge in [-0.3, -0.25) is 4.79 Å². The number of aromatic nitrogens is 2. The first kappa shape index (κ1) is 20.6. The van der Waals surface area contributed by atoms with E-state index in [4.69, 9.17) is 9.47 Å². The fourth-order valence-corrected chi connectivity index (χ4v) is 4.15. The van der Waals surface area contributed by atoms with Gasteiger partial charge in [0.2, 0.25) is 11.0 Å². The summed E-state index contributed by atoms with van der Waals surface area (Å²) in [6.45, 7) is 4.27. The van der Waals surface area contributed by atoms with Crippen molar-refractivity contribution in [3.05, 3.63) is 27.2 Å². The van der Waals surface area contributed by atoms with Crippen LogP contribution in [0.1, 0.15) is 49.6 Å². The van der Waals surface area contributed by atoms with Crippen LogP contribution in [0.15, 0.2) is 16.6 Å². The minimum atomic E-state index is -0.0843.